The summed E-state index contributed by atoms with van der Waals surface area (Å²) in [5, 5.41) is 2.49. The summed E-state index contributed by atoms with van der Waals surface area (Å²) in [6.07, 6.45) is -0.660. The largest absolute Gasteiger partial charge is 0.481 e. The Morgan fingerprint density at radius 2 is 1.68 bits per heavy atom. The van der Waals surface area contributed by atoms with E-state index < -0.39 is 16.1 Å². The van der Waals surface area contributed by atoms with Gasteiger partial charge in [0.1, 0.15) is 5.75 Å². The quantitative estimate of drug-likeness (QED) is 0.789. The summed E-state index contributed by atoms with van der Waals surface area (Å²) in [6.45, 7) is 3.81. The summed E-state index contributed by atoms with van der Waals surface area (Å²) in [7, 11) is -2.09. The first-order valence-electron chi connectivity index (χ1n) is 7.85. The minimum Gasteiger partial charge on any atom is -0.481 e. The number of hydrogen-bond acceptors (Lipinski definition) is 4. The van der Waals surface area contributed by atoms with Crippen LogP contribution in [-0.4, -0.2) is 27.5 Å². The lowest BCUT2D eigenvalue weighted by Gasteiger charge is -2.13. The van der Waals surface area contributed by atoms with Crippen molar-refractivity contribution in [3.8, 4) is 5.75 Å². The molecule has 1 amide bonds. The first kappa shape index (κ1) is 19.0. The molecular weight excluding hydrogens is 340 g/mol. The SMILES string of the molecule is CNC(=O)[C@H](C)Oc1ccc(S(=O)(=O)NCc2ccc(C)cc2)cc1. The van der Waals surface area contributed by atoms with Crippen LogP contribution < -0.4 is 14.8 Å². The minimum atomic E-state index is -3.62. The molecule has 0 aliphatic rings. The normalized spacial score (nSPS) is 12.4. The summed E-state index contributed by atoms with van der Waals surface area (Å²) >= 11 is 0. The Morgan fingerprint density at radius 3 is 2.24 bits per heavy atom. The van der Waals surface area contributed by atoms with Gasteiger partial charge < -0.3 is 10.1 Å². The lowest BCUT2D eigenvalue weighted by molar-refractivity contribution is -0.126. The van der Waals surface area contributed by atoms with Gasteiger partial charge >= 0.3 is 0 Å². The highest BCUT2D eigenvalue weighted by molar-refractivity contribution is 7.89. The second-order valence-electron chi connectivity index (χ2n) is 5.66. The molecule has 0 fully saturated rings. The maximum Gasteiger partial charge on any atom is 0.260 e. The van der Waals surface area contributed by atoms with Crippen molar-refractivity contribution in [1.82, 2.24) is 10.0 Å². The summed E-state index contributed by atoms with van der Waals surface area (Å²) in [4.78, 5) is 11.6. The van der Waals surface area contributed by atoms with Crippen LogP contribution in [0.1, 0.15) is 18.1 Å². The number of ether oxygens (including phenoxy) is 1. The molecule has 0 heterocycles. The van der Waals surface area contributed by atoms with E-state index in [0.29, 0.717) is 5.75 Å². The smallest absolute Gasteiger partial charge is 0.260 e. The molecule has 0 saturated heterocycles. The van der Waals surface area contributed by atoms with Gasteiger partial charge in [0.2, 0.25) is 10.0 Å². The molecular formula is C18H22N2O4S. The Bertz CT molecular complexity index is 815. The third kappa shape index (κ3) is 5.30. The zero-order chi connectivity index (χ0) is 18.4. The van der Waals surface area contributed by atoms with E-state index in [1.807, 2.05) is 31.2 Å². The van der Waals surface area contributed by atoms with Gasteiger partial charge in [-0.25, -0.2) is 13.1 Å². The Balaban J connectivity index is 2.02. The fraction of sp³-hybridized carbons (Fsp3) is 0.278. The lowest BCUT2D eigenvalue weighted by atomic mass is 10.2. The second-order valence-corrected chi connectivity index (χ2v) is 7.42. The third-order valence-corrected chi connectivity index (χ3v) is 5.07. The Morgan fingerprint density at radius 1 is 1.08 bits per heavy atom. The van der Waals surface area contributed by atoms with Gasteiger partial charge in [-0.05, 0) is 43.7 Å². The van der Waals surface area contributed by atoms with Crippen LogP contribution in [0.5, 0.6) is 5.75 Å². The number of carbonyl (C=O) groups excluding carboxylic acids is 1. The second kappa shape index (κ2) is 8.13. The van der Waals surface area contributed by atoms with Crippen molar-refractivity contribution in [3.63, 3.8) is 0 Å². The van der Waals surface area contributed by atoms with Crippen molar-refractivity contribution in [2.24, 2.45) is 0 Å². The number of rotatable bonds is 7. The minimum absolute atomic E-state index is 0.138. The van der Waals surface area contributed by atoms with E-state index >= 15 is 0 Å². The molecule has 2 aromatic carbocycles. The van der Waals surface area contributed by atoms with E-state index in [4.69, 9.17) is 4.74 Å². The van der Waals surface area contributed by atoms with Crippen LogP contribution in [-0.2, 0) is 21.4 Å². The molecule has 1 atom stereocenters. The number of hydrogen-bond donors (Lipinski definition) is 2. The number of carbonyl (C=O) groups is 1. The van der Waals surface area contributed by atoms with Gasteiger partial charge in [-0.3, -0.25) is 4.79 Å². The maximum absolute atomic E-state index is 12.3. The van der Waals surface area contributed by atoms with Crippen molar-refractivity contribution < 1.29 is 17.9 Å². The third-order valence-electron chi connectivity index (χ3n) is 3.65. The monoisotopic (exact) mass is 362 g/mol. The average molecular weight is 362 g/mol. The van der Waals surface area contributed by atoms with E-state index in [1.165, 1.54) is 31.3 Å². The predicted octanol–water partition coefficient (Wildman–Crippen LogP) is 1.99. The number of sulfonamides is 1. The zero-order valence-electron chi connectivity index (χ0n) is 14.4. The molecule has 0 unspecified atom stereocenters. The molecule has 2 aromatic rings. The molecule has 0 spiro atoms. The van der Waals surface area contributed by atoms with Crippen LogP contribution in [0.4, 0.5) is 0 Å². The van der Waals surface area contributed by atoms with Crippen LogP contribution in [0, 0.1) is 6.92 Å². The molecule has 0 aliphatic carbocycles. The highest BCUT2D eigenvalue weighted by atomic mass is 32.2. The Kier molecular flexibility index (Phi) is 6.17. The molecule has 0 aliphatic heterocycles. The van der Waals surface area contributed by atoms with Gasteiger partial charge in [0.25, 0.3) is 5.91 Å². The first-order chi connectivity index (χ1) is 11.8. The molecule has 0 radical (unpaired) electrons. The van der Waals surface area contributed by atoms with Crippen LogP contribution in [0.15, 0.2) is 53.4 Å². The summed E-state index contributed by atoms with van der Waals surface area (Å²) in [5.41, 5.74) is 2.00. The van der Waals surface area contributed by atoms with Gasteiger partial charge in [-0.2, -0.15) is 0 Å². The van der Waals surface area contributed by atoms with Crippen LogP contribution in [0.25, 0.3) is 0 Å². The number of aryl methyl sites for hydroxylation is 1. The molecule has 0 saturated carbocycles. The van der Waals surface area contributed by atoms with E-state index in [1.54, 1.807) is 6.92 Å². The van der Waals surface area contributed by atoms with E-state index in [0.717, 1.165) is 11.1 Å². The van der Waals surface area contributed by atoms with Gasteiger partial charge in [0.15, 0.2) is 6.10 Å². The Labute approximate surface area is 148 Å². The number of nitrogens with one attached hydrogen (secondary N) is 2. The summed E-state index contributed by atoms with van der Waals surface area (Å²) in [6, 6.07) is 13.6. The van der Waals surface area contributed by atoms with Crippen molar-refractivity contribution in [3.05, 3.63) is 59.7 Å². The van der Waals surface area contributed by atoms with Crippen molar-refractivity contribution in [2.75, 3.05) is 7.05 Å². The lowest BCUT2D eigenvalue weighted by Crippen LogP contribution is -2.33. The molecule has 25 heavy (non-hydrogen) atoms. The average Bonchev–Trinajstić information content (AvgIpc) is 2.61. The number of benzene rings is 2. The van der Waals surface area contributed by atoms with Crippen molar-refractivity contribution in [2.45, 2.75) is 31.4 Å². The van der Waals surface area contributed by atoms with Gasteiger partial charge in [-0.1, -0.05) is 29.8 Å². The molecule has 0 bridgehead atoms. The molecule has 6 nitrogen and oxygen atoms in total. The standard InChI is InChI=1S/C18H22N2O4S/c1-13-4-6-15(7-5-13)12-20-25(22,23)17-10-8-16(9-11-17)24-14(2)18(21)19-3/h4-11,14,20H,12H2,1-3H3,(H,19,21)/t14-/m0/s1. The van der Waals surface area contributed by atoms with Gasteiger partial charge in [-0.15, -0.1) is 0 Å². The van der Waals surface area contributed by atoms with E-state index in [9.17, 15) is 13.2 Å². The zero-order valence-corrected chi connectivity index (χ0v) is 15.3. The van der Waals surface area contributed by atoms with E-state index in [2.05, 4.69) is 10.0 Å². The molecule has 7 heteroatoms. The Hall–Kier alpha value is -2.38. The van der Waals surface area contributed by atoms with Crippen molar-refractivity contribution >= 4 is 15.9 Å². The fourth-order valence-corrected chi connectivity index (χ4v) is 3.14. The fourth-order valence-electron chi connectivity index (χ4n) is 2.13. The summed E-state index contributed by atoms with van der Waals surface area (Å²) < 4.78 is 32.7. The molecule has 134 valence electrons. The van der Waals surface area contributed by atoms with Gasteiger partial charge in [0.05, 0.1) is 4.90 Å². The van der Waals surface area contributed by atoms with Crippen LogP contribution >= 0.6 is 0 Å². The van der Waals surface area contributed by atoms with Crippen molar-refractivity contribution in [1.29, 1.82) is 0 Å². The summed E-state index contributed by atoms with van der Waals surface area (Å²) in [5.74, 6) is 0.171. The first-order valence-corrected chi connectivity index (χ1v) is 9.33. The van der Waals surface area contributed by atoms with Crippen LogP contribution in [0.2, 0.25) is 0 Å². The molecule has 2 rings (SSSR count). The highest BCUT2D eigenvalue weighted by Gasteiger charge is 2.16. The number of likely N-dealkylation sites (N-methyl/N-ethyl adjacent to an activating group) is 1. The maximum atomic E-state index is 12.3. The van der Waals surface area contributed by atoms with Crippen LogP contribution in [0.3, 0.4) is 0 Å². The number of amides is 1. The highest BCUT2D eigenvalue weighted by Crippen LogP contribution is 2.17. The predicted molar refractivity (Wildman–Crippen MR) is 95.8 cm³/mol. The van der Waals surface area contributed by atoms with Gasteiger partial charge in [0, 0.05) is 13.6 Å². The van der Waals surface area contributed by atoms with E-state index in [-0.39, 0.29) is 17.3 Å². The molecule has 0 aromatic heterocycles. The molecule has 2 N–H and O–H groups in total. The topological polar surface area (TPSA) is 84.5 Å².